The number of benzene rings is 2. The predicted molar refractivity (Wildman–Crippen MR) is 133 cm³/mol. The summed E-state index contributed by atoms with van der Waals surface area (Å²) in [5.74, 6) is -0.576. The van der Waals surface area contributed by atoms with Gasteiger partial charge in [0.2, 0.25) is 0 Å². The van der Waals surface area contributed by atoms with Crippen LogP contribution in [-0.2, 0) is 21.0 Å². The smallest absolute Gasteiger partial charge is 0.317 e. The monoisotopic (exact) mass is 466 g/mol. The predicted octanol–water partition coefficient (Wildman–Crippen LogP) is 3.22. The number of amides is 1. The molecule has 0 aromatic heterocycles. The van der Waals surface area contributed by atoms with Crippen LogP contribution in [0, 0.1) is 12.8 Å². The average molecular weight is 467 g/mol. The standard InChI is InChI=1S/C26H34N4O4/c1-18-7-9-20(10-8-18)26(21-11-12-23(27)22(13-21)15-28-16-25(32)33)30-34-17-24(31)29-14-19-5-3-2-4-6-19/h7-13,19,28H,2-6,14-17,27H2,1H3,(H,29,31)(H,32,33)/b30-26+. The van der Waals surface area contributed by atoms with E-state index < -0.39 is 5.97 Å². The minimum atomic E-state index is -0.938. The van der Waals surface area contributed by atoms with Crippen molar-refractivity contribution >= 4 is 23.3 Å². The number of carboxylic acids is 1. The van der Waals surface area contributed by atoms with Gasteiger partial charge in [0.05, 0.1) is 6.54 Å². The van der Waals surface area contributed by atoms with Crippen LogP contribution in [0.5, 0.6) is 0 Å². The third-order valence-electron chi connectivity index (χ3n) is 6.00. The van der Waals surface area contributed by atoms with Gasteiger partial charge in [0.15, 0.2) is 6.61 Å². The minimum Gasteiger partial charge on any atom is -0.480 e. The molecule has 0 heterocycles. The highest BCUT2D eigenvalue weighted by atomic mass is 16.6. The number of hydrogen-bond donors (Lipinski definition) is 4. The summed E-state index contributed by atoms with van der Waals surface area (Å²) in [5, 5.41) is 19.0. The van der Waals surface area contributed by atoms with Crippen molar-refractivity contribution in [2.24, 2.45) is 11.1 Å². The van der Waals surface area contributed by atoms with Crippen molar-refractivity contribution in [3.63, 3.8) is 0 Å². The van der Waals surface area contributed by atoms with E-state index >= 15 is 0 Å². The zero-order chi connectivity index (χ0) is 24.3. The van der Waals surface area contributed by atoms with Crippen molar-refractivity contribution in [2.75, 3.05) is 25.4 Å². The fourth-order valence-corrected chi connectivity index (χ4v) is 4.05. The molecule has 0 atom stereocenters. The number of nitrogen functional groups attached to an aromatic ring is 1. The number of nitrogens with one attached hydrogen (secondary N) is 2. The van der Waals surface area contributed by atoms with Gasteiger partial charge >= 0.3 is 5.97 Å². The lowest BCUT2D eigenvalue weighted by Gasteiger charge is -2.21. The lowest BCUT2D eigenvalue weighted by atomic mass is 9.89. The summed E-state index contributed by atoms with van der Waals surface area (Å²) in [6.07, 6.45) is 6.08. The number of aliphatic carboxylic acids is 1. The first-order chi connectivity index (χ1) is 16.4. The molecule has 8 heteroatoms. The zero-order valence-corrected chi connectivity index (χ0v) is 19.7. The number of anilines is 1. The molecule has 182 valence electrons. The third-order valence-corrected chi connectivity index (χ3v) is 6.00. The number of oxime groups is 1. The van der Waals surface area contributed by atoms with E-state index in [1.54, 1.807) is 6.07 Å². The molecule has 1 aliphatic carbocycles. The van der Waals surface area contributed by atoms with Gasteiger partial charge in [-0.05, 0) is 43.4 Å². The Morgan fingerprint density at radius 1 is 1.09 bits per heavy atom. The van der Waals surface area contributed by atoms with Crippen molar-refractivity contribution in [3.05, 3.63) is 64.7 Å². The molecule has 2 aromatic rings. The van der Waals surface area contributed by atoms with Crippen LogP contribution in [0.25, 0.3) is 0 Å². The number of carbonyl (C=O) groups excluding carboxylic acids is 1. The molecule has 1 fully saturated rings. The molecule has 34 heavy (non-hydrogen) atoms. The van der Waals surface area contributed by atoms with E-state index in [0.717, 1.165) is 35.1 Å². The van der Waals surface area contributed by atoms with Crippen LogP contribution in [-0.4, -0.2) is 42.4 Å². The number of rotatable bonds is 11. The van der Waals surface area contributed by atoms with Gasteiger partial charge in [0.25, 0.3) is 5.91 Å². The summed E-state index contributed by atoms with van der Waals surface area (Å²) in [4.78, 5) is 28.6. The van der Waals surface area contributed by atoms with Gasteiger partial charge in [-0.2, -0.15) is 0 Å². The summed E-state index contributed by atoms with van der Waals surface area (Å²) in [5.41, 5.74) is 10.7. The number of carbonyl (C=O) groups is 2. The van der Waals surface area contributed by atoms with Crippen LogP contribution in [0.2, 0.25) is 0 Å². The van der Waals surface area contributed by atoms with Crippen LogP contribution >= 0.6 is 0 Å². The average Bonchev–Trinajstić information content (AvgIpc) is 2.83. The Balaban J connectivity index is 1.71. The second-order valence-electron chi connectivity index (χ2n) is 8.80. The lowest BCUT2D eigenvalue weighted by molar-refractivity contribution is -0.136. The second-order valence-corrected chi connectivity index (χ2v) is 8.80. The topological polar surface area (TPSA) is 126 Å². The maximum atomic E-state index is 12.3. The first-order valence-corrected chi connectivity index (χ1v) is 11.8. The van der Waals surface area contributed by atoms with E-state index in [2.05, 4.69) is 15.8 Å². The number of nitrogens with two attached hydrogens (primary N) is 1. The molecule has 1 saturated carbocycles. The van der Waals surface area contributed by atoms with Gasteiger partial charge < -0.3 is 26.3 Å². The van der Waals surface area contributed by atoms with Crippen molar-refractivity contribution < 1.29 is 19.5 Å². The number of aryl methyl sites for hydroxylation is 1. The highest BCUT2D eigenvalue weighted by Gasteiger charge is 2.15. The molecule has 0 saturated heterocycles. The maximum absolute atomic E-state index is 12.3. The number of nitrogens with zero attached hydrogens (tertiary/aromatic N) is 1. The molecule has 0 unspecified atom stereocenters. The summed E-state index contributed by atoms with van der Waals surface area (Å²) in [7, 11) is 0. The second kappa shape index (κ2) is 12.7. The number of hydrogen-bond acceptors (Lipinski definition) is 6. The maximum Gasteiger partial charge on any atom is 0.317 e. The Morgan fingerprint density at radius 3 is 2.50 bits per heavy atom. The quantitative estimate of drug-likeness (QED) is 0.229. The zero-order valence-electron chi connectivity index (χ0n) is 19.7. The molecular formula is C26H34N4O4. The molecule has 1 amide bonds. The van der Waals surface area contributed by atoms with E-state index in [1.165, 1.54) is 19.3 Å². The fraction of sp³-hybridized carbons (Fsp3) is 0.423. The van der Waals surface area contributed by atoms with Crippen LogP contribution in [0.3, 0.4) is 0 Å². The molecule has 0 spiro atoms. The van der Waals surface area contributed by atoms with Crippen molar-refractivity contribution in [1.29, 1.82) is 0 Å². The summed E-state index contributed by atoms with van der Waals surface area (Å²) in [6, 6.07) is 13.3. The van der Waals surface area contributed by atoms with Crippen LogP contribution in [0.15, 0.2) is 47.6 Å². The molecule has 8 nitrogen and oxygen atoms in total. The molecule has 3 rings (SSSR count). The van der Waals surface area contributed by atoms with E-state index in [0.29, 0.717) is 30.4 Å². The Kier molecular flexibility index (Phi) is 9.46. The van der Waals surface area contributed by atoms with Gasteiger partial charge in [0.1, 0.15) is 5.71 Å². The molecule has 0 bridgehead atoms. The third kappa shape index (κ3) is 7.88. The Bertz CT molecular complexity index is 998. The molecule has 5 N–H and O–H groups in total. The summed E-state index contributed by atoms with van der Waals surface area (Å²) in [6.45, 7) is 2.66. The van der Waals surface area contributed by atoms with E-state index in [1.807, 2.05) is 43.3 Å². The highest BCUT2D eigenvalue weighted by molar-refractivity contribution is 6.12. The van der Waals surface area contributed by atoms with Crippen molar-refractivity contribution in [3.8, 4) is 0 Å². The largest absolute Gasteiger partial charge is 0.480 e. The van der Waals surface area contributed by atoms with E-state index in [9.17, 15) is 9.59 Å². The highest BCUT2D eigenvalue weighted by Crippen LogP contribution is 2.22. The number of carboxylic acid groups (broad SMARTS) is 1. The first kappa shape index (κ1) is 25.2. The summed E-state index contributed by atoms with van der Waals surface area (Å²) >= 11 is 0. The van der Waals surface area contributed by atoms with Crippen molar-refractivity contribution in [1.82, 2.24) is 10.6 Å². The van der Waals surface area contributed by atoms with Gasteiger partial charge in [-0.25, -0.2) is 0 Å². The van der Waals surface area contributed by atoms with E-state index in [4.69, 9.17) is 15.7 Å². The Morgan fingerprint density at radius 2 is 1.79 bits per heavy atom. The van der Waals surface area contributed by atoms with Crippen LogP contribution < -0.4 is 16.4 Å². The molecule has 0 aliphatic heterocycles. The lowest BCUT2D eigenvalue weighted by Crippen LogP contribution is -2.32. The van der Waals surface area contributed by atoms with Gasteiger partial charge in [-0.3, -0.25) is 9.59 Å². The van der Waals surface area contributed by atoms with Gasteiger partial charge in [0, 0.05) is 29.9 Å². The Labute approximate surface area is 200 Å². The van der Waals surface area contributed by atoms with Gasteiger partial charge in [-0.1, -0.05) is 60.3 Å². The van der Waals surface area contributed by atoms with Crippen LogP contribution in [0.1, 0.15) is 54.4 Å². The van der Waals surface area contributed by atoms with Gasteiger partial charge in [-0.15, -0.1) is 0 Å². The molecule has 1 aliphatic rings. The normalized spacial score (nSPS) is 14.6. The molecular weight excluding hydrogens is 432 g/mol. The Hall–Kier alpha value is -3.39. The molecule has 0 radical (unpaired) electrons. The first-order valence-electron chi connectivity index (χ1n) is 11.8. The van der Waals surface area contributed by atoms with E-state index in [-0.39, 0.29) is 19.1 Å². The minimum absolute atomic E-state index is 0.163. The van der Waals surface area contributed by atoms with Crippen LogP contribution in [0.4, 0.5) is 5.69 Å². The molecule has 2 aromatic carbocycles. The van der Waals surface area contributed by atoms with Crippen molar-refractivity contribution in [2.45, 2.75) is 45.6 Å². The SMILES string of the molecule is Cc1ccc(/C(=N\OCC(=O)NCC2CCCCC2)c2ccc(N)c(CNCC(=O)O)c2)cc1. The fourth-order valence-electron chi connectivity index (χ4n) is 4.05. The summed E-state index contributed by atoms with van der Waals surface area (Å²) < 4.78 is 0.